The lowest BCUT2D eigenvalue weighted by Crippen LogP contribution is -2.63. The number of aliphatic hydroxyl groups excluding tert-OH is 5. The maximum absolute atomic E-state index is 10.3. The van der Waals surface area contributed by atoms with E-state index in [4.69, 9.17) is 18.9 Å². The molecule has 2 heterocycles. The molecule has 0 aliphatic carbocycles. The minimum Gasteiger partial charge on any atom is -0.388 e. The minimum absolute atomic E-state index is 0.374. The topological polar surface area (TPSA) is 138 Å². The van der Waals surface area contributed by atoms with Gasteiger partial charge in [0.15, 0.2) is 12.6 Å². The van der Waals surface area contributed by atoms with Crippen molar-refractivity contribution in [2.24, 2.45) is 0 Å². The Kier molecular flexibility index (Phi) is 6.94. The number of aliphatic hydroxyl groups is 5. The quantitative estimate of drug-likeness (QED) is 0.384. The van der Waals surface area contributed by atoms with Crippen molar-refractivity contribution in [3.63, 3.8) is 0 Å². The van der Waals surface area contributed by atoms with E-state index in [1.54, 1.807) is 6.92 Å². The Morgan fingerprint density at radius 2 is 1.33 bits per heavy atom. The summed E-state index contributed by atoms with van der Waals surface area (Å²) in [5, 5.41) is 49.9. The Morgan fingerprint density at radius 1 is 0.750 bits per heavy atom. The van der Waals surface area contributed by atoms with E-state index >= 15 is 0 Å². The van der Waals surface area contributed by atoms with Gasteiger partial charge in [0.05, 0.1) is 12.2 Å². The Morgan fingerprint density at radius 3 is 1.96 bits per heavy atom. The smallest absolute Gasteiger partial charge is 0.187 e. The standard InChI is InChI=1S/C15H28O9/c1-4-5-21-14-12(20)10(18)13(7(3)23-14)24-15-11(19)9(17)8(16)6(2)22-15/h6-20H,4-5H2,1-3H3/t6-,7-,8+,9+,10-,11-,12-,13+,14+,15-/m0/s1. The molecule has 5 N–H and O–H groups in total. The van der Waals surface area contributed by atoms with E-state index in [0.717, 1.165) is 6.42 Å². The van der Waals surface area contributed by atoms with Gasteiger partial charge in [-0.15, -0.1) is 0 Å². The summed E-state index contributed by atoms with van der Waals surface area (Å²) in [5.41, 5.74) is 0. The average Bonchev–Trinajstić information content (AvgIpc) is 2.56. The fourth-order valence-electron chi connectivity index (χ4n) is 2.85. The molecule has 0 saturated carbocycles. The van der Waals surface area contributed by atoms with Crippen LogP contribution in [-0.4, -0.2) is 93.6 Å². The molecular weight excluding hydrogens is 324 g/mol. The van der Waals surface area contributed by atoms with Crippen molar-refractivity contribution in [1.82, 2.24) is 0 Å². The fourth-order valence-corrected chi connectivity index (χ4v) is 2.85. The van der Waals surface area contributed by atoms with Crippen LogP contribution in [0.5, 0.6) is 0 Å². The molecule has 0 unspecified atom stereocenters. The lowest BCUT2D eigenvalue weighted by atomic mass is 9.97. The van der Waals surface area contributed by atoms with Crippen LogP contribution in [0.3, 0.4) is 0 Å². The highest BCUT2D eigenvalue weighted by Gasteiger charge is 2.49. The maximum Gasteiger partial charge on any atom is 0.187 e. The Balaban J connectivity index is 2.01. The van der Waals surface area contributed by atoms with Crippen molar-refractivity contribution in [3.8, 4) is 0 Å². The first-order chi connectivity index (χ1) is 11.3. The van der Waals surface area contributed by atoms with E-state index in [-0.39, 0.29) is 0 Å². The molecule has 9 nitrogen and oxygen atoms in total. The SMILES string of the molecule is CCCO[C@@H]1O[C@@H](C)[C@@H](O[C@@H]2O[C@@H](C)[C@@H](O)[C@@H](O)[C@@H]2O)[C@@H](O)[C@@H]1O. The van der Waals surface area contributed by atoms with E-state index < -0.39 is 61.4 Å². The zero-order valence-corrected chi connectivity index (χ0v) is 14.1. The van der Waals surface area contributed by atoms with Crippen LogP contribution in [0, 0.1) is 0 Å². The minimum atomic E-state index is -1.50. The van der Waals surface area contributed by atoms with Gasteiger partial charge in [0, 0.05) is 6.61 Å². The summed E-state index contributed by atoms with van der Waals surface area (Å²) in [6.45, 7) is 5.44. The van der Waals surface area contributed by atoms with Gasteiger partial charge in [0.1, 0.15) is 36.6 Å². The maximum atomic E-state index is 10.3. The summed E-state index contributed by atoms with van der Waals surface area (Å²) in [4.78, 5) is 0. The van der Waals surface area contributed by atoms with Crippen molar-refractivity contribution in [3.05, 3.63) is 0 Å². The highest BCUT2D eigenvalue weighted by molar-refractivity contribution is 4.92. The molecule has 2 rings (SSSR count). The van der Waals surface area contributed by atoms with E-state index in [9.17, 15) is 25.5 Å². The fraction of sp³-hybridized carbons (Fsp3) is 1.00. The second kappa shape index (κ2) is 8.35. The highest BCUT2D eigenvalue weighted by Crippen LogP contribution is 2.29. The number of ether oxygens (including phenoxy) is 4. The van der Waals surface area contributed by atoms with Crippen LogP contribution < -0.4 is 0 Å². The molecule has 0 aromatic heterocycles. The molecule has 0 radical (unpaired) electrons. The van der Waals surface area contributed by atoms with Crippen molar-refractivity contribution in [1.29, 1.82) is 0 Å². The first kappa shape index (κ1) is 20.0. The summed E-state index contributed by atoms with van der Waals surface area (Å²) in [6, 6.07) is 0. The summed E-state index contributed by atoms with van der Waals surface area (Å²) >= 11 is 0. The Labute approximate surface area is 140 Å². The van der Waals surface area contributed by atoms with Crippen LogP contribution >= 0.6 is 0 Å². The zero-order chi connectivity index (χ0) is 18.0. The van der Waals surface area contributed by atoms with Crippen molar-refractivity contribution in [2.45, 2.75) is 88.6 Å². The van der Waals surface area contributed by atoms with Gasteiger partial charge >= 0.3 is 0 Å². The molecule has 0 bridgehead atoms. The molecule has 142 valence electrons. The van der Waals surface area contributed by atoms with Gasteiger partial charge in [-0.2, -0.15) is 0 Å². The molecular formula is C15H28O9. The molecule has 24 heavy (non-hydrogen) atoms. The van der Waals surface area contributed by atoms with Crippen LogP contribution in [-0.2, 0) is 18.9 Å². The molecule has 0 aromatic carbocycles. The summed E-state index contributed by atoms with van der Waals surface area (Å²) in [6.07, 6.45) is -10.8. The lowest BCUT2D eigenvalue weighted by Gasteiger charge is -2.45. The molecule has 0 spiro atoms. The van der Waals surface area contributed by atoms with Gasteiger partial charge in [-0.05, 0) is 20.3 Å². The predicted octanol–water partition coefficient (Wildman–Crippen LogP) is -1.91. The summed E-state index contributed by atoms with van der Waals surface area (Å²) in [5.74, 6) is 0. The monoisotopic (exact) mass is 352 g/mol. The van der Waals surface area contributed by atoms with E-state index in [1.165, 1.54) is 6.92 Å². The third-order valence-corrected chi connectivity index (χ3v) is 4.36. The third-order valence-electron chi connectivity index (χ3n) is 4.36. The predicted molar refractivity (Wildman–Crippen MR) is 79.8 cm³/mol. The Hall–Kier alpha value is -0.360. The number of hydrogen-bond acceptors (Lipinski definition) is 9. The molecule has 10 atom stereocenters. The molecule has 2 fully saturated rings. The second-order valence-corrected chi connectivity index (χ2v) is 6.34. The second-order valence-electron chi connectivity index (χ2n) is 6.34. The van der Waals surface area contributed by atoms with Gasteiger partial charge in [0.2, 0.25) is 0 Å². The van der Waals surface area contributed by atoms with Crippen molar-refractivity contribution >= 4 is 0 Å². The molecule has 2 aliphatic heterocycles. The summed E-state index contributed by atoms with van der Waals surface area (Å²) < 4.78 is 21.8. The first-order valence-corrected chi connectivity index (χ1v) is 8.26. The zero-order valence-electron chi connectivity index (χ0n) is 14.1. The summed E-state index contributed by atoms with van der Waals surface area (Å²) in [7, 11) is 0. The van der Waals surface area contributed by atoms with E-state index in [1.807, 2.05) is 6.92 Å². The van der Waals surface area contributed by atoms with Crippen LogP contribution in [0.25, 0.3) is 0 Å². The highest BCUT2D eigenvalue weighted by atomic mass is 16.7. The molecule has 2 aliphatic rings. The molecule has 2 saturated heterocycles. The third kappa shape index (κ3) is 4.06. The lowest BCUT2D eigenvalue weighted by molar-refractivity contribution is -0.352. The largest absolute Gasteiger partial charge is 0.388 e. The molecule has 9 heteroatoms. The van der Waals surface area contributed by atoms with Crippen LogP contribution in [0.4, 0.5) is 0 Å². The van der Waals surface area contributed by atoms with E-state index in [2.05, 4.69) is 0 Å². The van der Waals surface area contributed by atoms with Crippen LogP contribution in [0.2, 0.25) is 0 Å². The van der Waals surface area contributed by atoms with Crippen LogP contribution in [0.15, 0.2) is 0 Å². The number of rotatable bonds is 5. The van der Waals surface area contributed by atoms with Crippen molar-refractivity contribution in [2.75, 3.05) is 6.61 Å². The van der Waals surface area contributed by atoms with Gasteiger partial charge in [-0.3, -0.25) is 0 Å². The van der Waals surface area contributed by atoms with Gasteiger partial charge in [0.25, 0.3) is 0 Å². The number of hydrogen-bond donors (Lipinski definition) is 5. The first-order valence-electron chi connectivity index (χ1n) is 8.26. The van der Waals surface area contributed by atoms with Gasteiger partial charge in [-0.1, -0.05) is 6.92 Å². The normalized spacial score (nSPS) is 50.0. The molecule has 0 amide bonds. The van der Waals surface area contributed by atoms with E-state index in [0.29, 0.717) is 6.61 Å². The molecule has 0 aromatic rings. The Bertz CT molecular complexity index is 395. The average molecular weight is 352 g/mol. The van der Waals surface area contributed by atoms with Gasteiger partial charge < -0.3 is 44.5 Å². The van der Waals surface area contributed by atoms with Crippen LogP contribution in [0.1, 0.15) is 27.2 Å². The van der Waals surface area contributed by atoms with Crippen molar-refractivity contribution < 1.29 is 44.5 Å². The van der Waals surface area contributed by atoms with Gasteiger partial charge in [-0.25, -0.2) is 0 Å².